The minimum Gasteiger partial charge on any atom is -0.490 e. The number of piperidine rings is 1. The molecule has 1 saturated heterocycles. The number of aryl methyl sites for hydroxylation is 3. The predicted octanol–water partition coefficient (Wildman–Crippen LogP) is 6.33. The Labute approximate surface area is 239 Å². The Bertz CT molecular complexity index is 1370. The van der Waals surface area contributed by atoms with Crippen LogP contribution >= 0.6 is 0 Å². The van der Waals surface area contributed by atoms with E-state index < -0.39 is 0 Å². The summed E-state index contributed by atoms with van der Waals surface area (Å²) in [5, 5.41) is 0. The smallest absolute Gasteiger partial charge is 0.254 e. The van der Waals surface area contributed by atoms with Crippen molar-refractivity contribution in [1.29, 1.82) is 0 Å². The number of allylic oxidation sites excluding steroid dienone is 1. The summed E-state index contributed by atoms with van der Waals surface area (Å²) in [6.45, 7) is 15.4. The van der Waals surface area contributed by atoms with Gasteiger partial charge in [-0.25, -0.2) is 0 Å². The van der Waals surface area contributed by atoms with E-state index in [9.17, 15) is 4.79 Å². The molecule has 210 valence electrons. The van der Waals surface area contributed by atoms with Gasteiger partial charge in [-0.15, -0.1) is 0 Å². The molecule has 1 aromatic heterocycles. The van der Waals surface area contributed by atoms with Crippen LogP contribution in [0.25, 0.3) is 6.08 Å². The number of carbonyl (C=O) groups is 1. The number of benzene rings is 2. The van der Waals surface area contributed by atoms with Crippen molar-refractivity contribution in [3.8, 4) is 5.75 Å². The maximum atomic E-state index is 13.1. The summed E-state index contributed by atoms with van der Waals surface area (Å²) in [6.07, 6.45) is 6.95. The Hall–Kier alpha value is -3.90. The van der Waals surface area contributed by atoms with E-state index >= 15 is 0 Å². The highest BCUT2D eigenvalue weighted by molar-refractivity contribution is 5.96. The summed E-state index contributed by atoms with van der Waals surface area (Å²) in [4.78, 5) is 21.3. The zero-order chi connectivity index (χ0) is 28.6. The Morgan fingerprint density at radius 2 is 1.90 bits per heavy atom. The van der Waals surface area contributed by atoms with Crippen molar-refractivity contribution < 1.29 is 9.53 Å². The molecule has 40 heavy (non-hydrogen) atoms. The lowest BCUT2D eigenvalue weighted by Gasteiger charge is -2.35. The fourth-order valence-electron chi connectivity index (χ4n) is 5.22. The third-order valence-corrected chi connectivity index (χ3v) is 7.53. The molecule has 1 fully saturated rings. The highest BCUT2D eigenvalue weighted by Gasteiger charge is 2.27. The molecular formula is C34H42N4O2. The molecule has 2 aliphatic heterocycles. The molecule has 0 spiro atoms. The van der Waals surface area contributed by atoms with E-state index in [4.69, 9.17) is 10.5 Å². The van der Waals surface area contributed by atoms with Gasteiger partial charge in [0.2, 0.25) is 0 Å². The van der Waals surface area contributed by atoms with Crippen molar-refractivity contribution in [2.24, 2.45) is 5.73 Å². The number of pyridine rings is 1. The SMILES string of the molecule is C=C(/C(C)=C/c1ccccc1C)N1CCOc2cc(C(=O)N3CCCC(N)C3)cc(C)c21.CCc1ccccn1. The van der Waals surface area contributed by atoms with Crippen LogP contribution in [0, 0.1) is 13.8 Å². The number of carbonyl (C=O) groups excluding carboxylic acids is 1. The molecule has 3 heterocycles. The van der Waals surface area contributed by atoms with E-state index in [1.165, 1.54) is 11.1 Å². The van der Waals surface area contributed by atoms with Crippen LogP contribution in [0.15, 0.2) is 78.6 Å². The molecule has 1 amide bonds. The van der Waals surface area contributed by atoms with Crippen LogP contribution < -0.4 is 15.4 Å². The fraction of sp³-hybridized carbons (Fsp3) is 0.353. The third kappa shape index (κ3) is 6.99. The number of hydrogen-bond acceptors (Lipinski definition) is 5. The van der Waals surface area contributed by atoms with E-state index in [0.717, 1.165) is 66.3 Å². The normalized spacial score (nSPS) is 16.8. The summed E-state index contributed by atoms with van der Waals surface area (Å²) in [5.41, 5.74) is 14.4. The number of rotatable bonds is 5. The third-order valence-electron chi connectivity index (χ3n) is 7.53. The summed E-state index contributed by atoms with van der Waals surface area (Å²) >= 11 is 0. The highest BCUT2D eigenvalue weighted by Crippen LogP contribution is 2.39. The van der Waals surface area contributed by atoms with Crippen molar-refractivity contribution in [2.45, 2.75) is 53.0 Å². The fourth-order valence-corrected chi connectivity index (χ4v) is 5.22. The number of nitrogens with two attached hydrogens (primary N) is 1. The number of nitrogens with zero attached hydrogens (tertiary/aromatic N) is 3. The molecular weight excluding hydrogens is 496 g/mol. The minimum absolute atomic E-state index is 0.0289. The Balaban J connectivity index is 0.000000398. The first-order valence-corrected chi connectivity index (χ1v) is 14.2. The largest absolute Gasteiger partial charge is 0.490 e. The molecule has 2 N–H and O–H groups in total. The number of fused-ring (bicyclic) bond motifs is 1. The quantitative estimate of drug-likeness (QED) is 0.385. The second kappa shape index (κ2) is 13.4. The minimum atomic E-state index is 0.0289. The lowest BCUT2D eigenvalue weighted by atomic mass is 10.0. The van der Waals surface area contributed by atoms with Crippen molar-refractivity contribution in [3.63, 3.8) is 0 Å². The topological polar surface area (TPSA) is 71.7 Å². The maximum absolute atomic E-state index is 13.1. The number of hydrogen-bond donors (Lipinski definition) is 1. The summed E-state index contributed by atoms with van der Waals surface area (Å²) in [5.74, 6) is 0.770. The van der Waals surface area contributed by atoms with E-state index in [0.29, 0.717) is 18.7 Å². The predicted molar refractivity (Wildman–Crippen MR) is 165 cm³/mol. The summed E-state index contributed by atoms with van der Waals surface area (Å²) in [6, 6.07) is 18.2. The van der Waals surface area contributed by atoms with Crippen molar-refractivity contribution in [1.82, 2.24) is 9.88 Å². The molecule has 6 heteroatoms. The van der Waals surface area contributed by atoms with Gasteiger partial charge in [0, 0.05) is 42.3 Å². The van der Waals surface area contributed by atoms with Crippen LogP contribution in [0.5, 0.6) is 5.75 Å². The molecule has 6 nitrogen and oxygen atoms in total. The van der Waals surface area contributed by atoms with Crippen LogP contribution in [0.4, 0.5) is 5.69 Å². The molecule has 3 aromatic rings. The monoisotopic (exact) mass is 538 g/mol. The second-order valence-electron chi connectivity index (χ2n) is 10.6. The number of likely N-dealkylation sites (tertiary alicyclic amines) is 1. The summed E-state index contributed by atoms with van der Waals surface area (Å²) in [7, 11) is 0. The van der Waals surface area contributed by atoms with Gasteiger partial charge in [0.05, 0.1) is 12.2 Å². The summed E-state index contributed by atoms with van der Waals surface area (Å²) < 4.78 is 6.00. The molecule has 2 aliphatic rings. The number of ether oxygens (including phenoxy) is 1. The average Bonchev–Trinajstić information content (AvgIpc) is 2.98. The first-order valence-electron chi connectivity index (χ1n) is 14.2. The molecule has 2 aromatic carbocycles. The van der Waals surface area contributed by atoms with Crippen molar-refractivity contribution in [3.05, 3.63) is 107 Å². The zero-order valence-corrected chi connectivity index (χ0v) is 24.3. The van der Waals surface area contributed by atoms with E-state index in [2.05, 4.69) is 67.6 Å². The van der Waals surface area contributed by atoms with Crippen LogP contribution in [0.2, 0.25) is 0 Å². The van der Waals surface area contributed by atoms with Crippen LogP contribution in [0.3, 0.4) is 0 Å². The standard InChI is InChI=1S/C27H33N3O2.C7H9N/c1-18-8-5-6-9-22(18)14-19(2)21(4)30-12-13-32-25-16-23(15-20(3)26(25)30)27(31)29-11-7-10-24(28)17-29;1-2-7-5-3-4-6-8-7/h5-6,8-9,14-16,24H,4,7,10-13,17,28H2,1-3H3;3-6H,2H2,1H3/b19-14+;. The van der Waals surface area contributed by atoms with Gasteiger partial charge in [-0.05, 0) is 92.6 Å². The van der Waals surface area contributed by atoms with E-state index in [1.54, 1.807) is 0 Å². The van der Waals surface area contributed by atoms with Crippen molar-refractivity contribution >= 4 is 17.7 Å². The van der Waals surface area contributed by atoms with Gasteiger partial charge in [0.15, 0.2) is 0 Å². The molecule has 5 rings (SSSR count). The maximum Gasteiger partial charge on any atom is 0.254 e. The van der Waals surface area contributed by atoms with Gasteiger partial charge in [-0.2, -0.15) is 0 Å². The molecule has 1 unspecified atom stereocenters. The van der Waals surface area contributed by atoms with E-state index in [-0.39, 0.29) is 11.9 Å². The van der Waals surface area contributed by atoms with Gasteiger partial charge in [-0.1, -0.05) is 43.8 Å². The molecule has 0 saturated carbocycles. The molecule has 0 radical (unpaired) electrons. The van der Waals surface area contributed by atoms with Gasteiger partial charge in [0.25, 0.3) is 5.91 Å². The molecule has 0 bridgehead atoms. The van der Waals surface area contributed by atoms with Gasteiger partial charge >= 0.3 is 0 Å². The average molecular weight is 539 g/mol. The van der Waals surface area contributed by atoms with Gasteiger partial charge < -0.3 is 20.3 Å². The number of anilines is 1. The number of aromatic nitrogens is 1. The molecule has 1 atom stereocenters. The Morgan fingerprint density at radius 1 is 1.12 bits per heavy atom. The zero-order valence-electron chi connectivity index (χ0n) is 24.3. The number of amides is 1. The Morgan fingerprint density at radius 3 is 2.58 bits per heavy atom. The lowest BCUT2D eigenvalue weighted by molar-refractivity contribution is 0.0708. The lowest BCUT2D eigenvalue weighted by Crippen LogP contribution is -2.45. The van der Waals surface area contributed by atoms with Crippen molar-refractivity contribution in [2.75, 3.05) is 31.1 Å². The highest BCUT2D eigenvalue weighted by atomic mass is 16.5. The first-order chi connectivity index (χ1) is 19.3. The van der Waals surface area contributed by atoms with Crippen LogP contribution in [-0.2, 0) is 6.42 Å². The van der Waals surface area contributed by atoms with Crippen LogP contribution in [0.1, 0.15) is 59.4 Å². The Kier molecular flexibility index (Phi) is 9.78. The molecule has 0 aliphatic carbocycles. The first kappa shape index (κ1) is 29.1. The van der Waals surface area contributed by atoms with E-state index in [1.807, 2.05) is 48.4 Å². The van der Waals surface area contributed by atoms with Crippen LogP contribution in [-0.4, -0.2) is 48.1 Å². The van der Waals surface area contributed by atoms with Gasteiger partial charge in [0.1, 0.15) is 12.4 Å². The second-order valence-corrected chi connectivity index (χ2v) is 10.6. The van der Waals surface area contributed by atoms with Gasteiger partial charge in [-0.3, -0.25) is 9.78 Å².